The maximum absolute atomic E-state index is 13.9. The first-order valence-corrected chi connectivity index (χ1v) is 11.4. The van der Waals surface area contributed by atoms with Crippen LogP contribution in [0.25, 0.3) is 11.1 Å². The van der Waals surface area contributed by atoms with Gasteiger partial charge in [-0.05, 0) is 39.7 Å². The van der Waals surface area contributed by atoms with Crippen molar-refractivity contribution in [1.29, 1.82) is 0 Å². The summed E-state index contributed by atoms with van der Waals surface area (Å²) in [6.07, 6.45) is 2.49. The van der Waals surface area contributed by atoms with Crippen molar-refractivity contribution in [2.45, 2.75) is 34.7 Å². The smallest absolute Gasteiger partial charge is 0.145 e. The fourth-order valence-corrected chi connectivity index (χ4v) is 5.15. The van der Waals surface area contributed by atoms with Gasteiger partial charge in [0.25, 0.3) is 0 Å². The number of benzene rings is 1. The van der Waals surface area contributed by atoms with Gasteiger partial charge in [0.15, 0.2) is 0 Å². The standard InChI is InChI=1S/C20H17BrClF2N3O4S/c21-11-3-12(6-25-5-11)32-20-19(30)17(18(29)15(8-28)31-20)27-7-10(4-26-27)9-1-13(23)16(22)14(24)2-9/h1-7,15,17-20,28-30H,8H2/t15-,17?,18+,19-,20-/m1/s1. The Kier molecular flexibility index (Phi) is 7.15. The second-order valence-electron chi connectivity index (χ2n) is 7.12. The average Bonchev–Trinajstić information content (AvgIpc) is 3.23. The van der Waals surface area contributed by atoms with Crippen LogP contribution in [0, 0.1) is 11.6 Å². The molecule has 1 fully saturated rings. The van der Waals surface area contributed by atoms with Crippen molar-refractivity contribution >= 4 is 39.3 Å². The summed E-state index contributed by atoms with van der Waals surface area (Å²) in [5.41, 5.74) is -0.308. The molecule has 32 heavy (non-hydrogen) atoms. The molecule has 4 rings (SSSR count). The van der Waals surface area contributed by atoms with Crippen LogP contribution in [0.4, 0.5) is 8.78 Å². The normalized spacial score (nSPS) is 25.8. The topological polar surface area (TPSA) is 101 Å². The SMILES string of the molecule is OC[C@H]1O[C@H](Sc2cncc(Br)c2)[C@H](O)C(n2cc(-c3cc(F)c(Cl)c(F)c3)cn2)[C@H]1O. The molecular formula is C20H17BrClF2N3O4S. The number of rotatable bonds is 5. The lowest BCUT2D eigenvalue weighted by Gasteiger charge is -2.42. The monoisotopic (exact) mass is 547 g/mol. The maximum atomic E-state index is 13.9. The number of aromatic nitrogens is 3. The van der Waals surface area contributed by atoms with Crippen LogP contribution >= 0.6 is 39.3 Å². The molecule has 0 bridgehead atoms. The number of ether oxygens (including phenoxy) is 1. The van der Waals surface area contributed by atoms with Gasteiger partial charge < -0.3 is 20.1 Å². The summed E-state index contributed by atoms with van der Waals surface area (Å²) in [6.45, 7) is -0.486. The van der Waals surface area contributed by atoms with E-state index >= 15 is 0 Å². The molecule has 1 aromatic carbocycles. The highest BCUT2D eigenvalue weighted by Crippen LogP contribution is 2.39. The first-order valence-electron chi connectivity index (χ1n) is 9.37. The number of thioether (sulfide) groups is 1. The van der Waals surface area contributed by atoms with Crippen molar-refractivity contribution in [1.82, 2.24) is 14.8 Å². The zero-order valence-corrected chi connectivity index (χ0v) is 19.3. The number of aliphatic hydroxyl groups excluding tert-OH is 3. The van der Waals surface area contributed by atoms with Crippen molar-refractivity contribution in [2.24, 2.45) is 0 Å². The van der Waals surface area contributed by atoms with Crippen LogP contribution in [0.1, 0.15) is 6.04 Å². The summed E-state index contributed by atoms with van der Waals surface area (Å²) in [7, 11) is 0. The van der Waals surface area contributed by atoms with Gasteiger partial charge in [-0.2, -0.15) is 5.10 Å². The Labute approximate surface area is 199 Å². The molecule has 3 N–H and O–H groups in total. The Morgan fingerprint density at radius 1 is 1.09 bits per heavy atom. The largest absolute Gasteiger partial charge is 0.394 e. The van der Waals surface area contributed by atoms with Gasteiger partial charge in [-0.3, -0.25) is 9.67 Å². The number of aliphatic hydroxyl groups is 3. The summed E-state index contributed by atoms with van der Waals surface area (Å²) in [5, 5.41) is 35.0. The predicted molar refractivity (Wildman–Crippen MR) is 117 cm³/mol. The van der Waals surface area contributed by atoms with Gasteiger partial charge >= 0.3 is 0 Å². The van der Waals surface area contributed by atoms with Crippen LogP contribution in [-0.4, -0.2) is 60.4 Å². The summed E-state index contributed by atoms with van der Waals surface area (Å²) in [4.78, 5) is 4.77. The minimum atomic E-state index is -1.29. The van der Waals surface area contributed by atoms with E-state index in [0.29, 0.717) is 10.5 Å². The fraction of sp³-hybridized carbons (Fsp3) is 0.300. The molecule has 3 heterocycles. The Hall–Kier alpha value is -1.60. The summed E-state index contributed by atoms with van der Waals surface area (Å²) in [5.74, 6) is -1.83. The van der Waals surface area contributed by atoms with E-state index in [1.165, 1.54) is 28.8 Å². The van der Waals surface area contributed by atoms with Gasteiger partial charge in [-0.15, -0.1) is 0 Å². The molecule has 0 amide bonds. The Balaban J connectivity index is 1.64. The van der Waals surface area contributed by atoms with E-state index in [-0.39, 0.29) is 5.56 Å². The quantitative estimate of drug-likeness (QED) is 0.420. The van der Waals surface area contributed by atoms with Crippen molar-refractivity contribution in [3.63, 3.8) is 0 Å². The van der Waals surface area contributed by atoms with Crippen molar-refractivity contribution in [2.75, 3.05) is 6.61 Å². The highest BCUT2D eigenvalue weighted by molar-refractivity contribution is 9.10. The van der Waals surface area contributed by atoms with Crippen molar-refractivity contribution < 1.29 is 28.8 Å². The lowest BCUT2D eigenvalue weighted by molar-refractivity contribution is -0.178. The van der Waals surface area contributed by atoms with Gasteiger partial charge in [0.1, 0.15) is 46.4 Å². The predicted octanol–water partition coefficient (Wildman–Crippen LogP) is 3.41. The van der Waals surface area contributed by atoms with E-state index in [1.807, 2.05) is 0 Å². The third-order valence-corrected chi connectivity index (χ3v) is 6.92. The van der Waals surface area contributed by atoms with E-state index in [2.05, 4.69) is 26.0 Å². The Bertz CT molecular complexity index is 1100. The third-order valence-electron chi connectivity index (χ3n) is 5.00. The molecule has 7 nitrogen and oxygen atoms in total. The van der Waals surface area contributed by atoms with Gasteiger partial charge in [0.2, 0.25) is 0 Å². The second-order valence-corrected chi connectivity index (χ2v) is 9.58. The Morgan fingerprint density at radius 2 is 1.81 bits per heavy atom. The number of nitrogens with zero attached hydrogens (tertiary/aromatic N) is 3. The lowest BCUT2D eigenvalue weighted by Crippen LogP contribution is -2.54. The molecule has 0 aliphatic carbocycles. The highest BCUT2D eigenvalue weighted by atomic mass is 79.9. The van der Waals surface area contributed by atoms with Crippen molar-refractivity contribution in [3.05, 3.63) is 64.1 Å². The van der Waals surface area contributed by atoms with Crippen LogP contribution in [0.3, 0.4) is 0 Å². The van der Waals surface area contributed by atoms with E-state index in [0.717, 1.165) is 16.6 Å². The molecule has 170 valence electrons. The molecule has 1 unspecified atom stereocenters. The van der Waals surface area contributed by atoms with Crippen LogP contribution in [0.15, 0.2) is 52.4 Å². The van der Waals surface area contributed by atoms with Gasteiger partial charge in [0, 0.05) is 33.5 Å². The summed E-state index contributed by atoms with van der Waals surface area (Å²) in [6, 6.07) is 2.93. The first-order chi connectivity index (χ1) is 15.3. The second kappa shape index (κ2) is 9.72. The lowest BCUT2D eigenvalue weighted by atomic mass is 9.97. The Morgan fingerprint density at radius 3 is 2.47 bits per heavy atom. The molecule has 12 heteroatoms. The fourth-order valence-electron chi connectivity index (χ4n) is 3.44. The minimum absolute atomic E-state index is 0.191. The molecule has 5 atom stereocenters. The molecular weight excluding hydrogens is 532 g/mol. The maximum Gasteiger partial charge on any atom is 0.145 e. The molecule has 1 saturated heterocycles. The molecule has 1 aliphatic heterocycles. The minimum Gasteiger partial charge on any atom is -0.394 e. The van der Waals surface area contributed by atoms with Gasteiger partial charge in [-0.1, -0.05) is 23.4 Å². The summed E-state index contributed by atoms with van der Waals surface area (Å²) < 4.78 is 35.5. The molecule has 2 aromatic heterocycles. The van der Waals surface area contributed by atoms with Crippen molar-refractivity contribution in [3.8, 4) is 11.1 Å². The molecule has 0 radical (unpaired) electrons. The van der Waals surface area contributed by atoms with Gasteiger partial charge in [-0.25, -0.2) is 8.78 Å². The van der Waals surface area contributed by atoms with E-state index in [4.69, 9.17) is 16.3 Å². The van der Waals surface area contributed by atoms with Crippen LogP contribution in [-0.2, 0) is 4.74 Å². The summed E-state index contributed by atoms with van der Waals surface area (Å²) >= 11 is 10.0. The van der Waals surface area contributed by atoms with E-state index in [9.17, 15) is 24.1 Å². The molecule has 0 saturated carbocycles. The average molecular weight is 549 g/mol. The van der Waals surface area contributed by atoms with Crippen LogP contribution in [0.2, 0.25) is 5.02 Å². The molecule has 0 spiro atoms. The zero-order valence-electron chi connectivity index (χ0n) is 16.1. The van der Waals surface area contributed by atoms with Crippen LogP contribution < -0.4 is 0 Å². The van der Waals surface area contributed by atoms with E-state index < -0.39 is 53.1 Å². The first kappa shape index (κ1) is 23.6. The number of hydrogen-bond acceptors (Lipinski definition) is 7. The number of pyridine rings is 1. The number of halogens is 4. The molecule has 1 aliphatic rings. The molecule has 3 aromatic rings. The number of hydrogen-bond donors (Lipinski definition) is 3. The third kappa shape index (κ3) is 4.69. The van der Waals surface area contributed by atoms with Gasteiger partial charge in [0.05, 0.1) is 12.8 Å². The highest BCUT2D eigenvalue weighted by Gasteiger charge is 2.46. The van der Waals surface area contributed by atoms with E-state index in [1.54, 1.807) is 18.5 Å². The van der Waals surface area contributed by atoms with Crippen LogP contribution in [0.5, 0.6) is 0 Å². The zero-order chi connectivity index (χ0) is 23.0.